The van der Waals surface area contributed by atoms with Crippen LogP contribution in [-0.2, 0) is 0 Å². The quantitative estimate of drug-likeness (QED) is 0.711. The van der Waals surface area contributed by atoms with Crippen molar-refractivity contribution in [3.63, 3.8) is 0 Å². The standard InChI is InChI=1S/C12H25NO/c1-4-12(3,14)9-13-8-11-6-5-10(2)7-11/h10-11,13-14H,4-9H2,1-3H3. The molecule has 2 N–H and O–H groups in total. The zero-order valence-corrected chi connectivity index (χ0v) is 9.84. The number of hydrogen-bond donors (Lipinski definition) is 2. The molecule has 1 saturated carbocycles. The molecule has 0 bridgehead atoms. The lowest BCUT2D eigenvalue weighted by molar-refractivity contribution is 0.0550. The van der Waals surface area contributed by atoms with Crippen LogP contribution in [0.1, 0.15) is 46.5 Å². The Balaban J connectivity index is 2.10. The summed E-state index contributed by atoms with van der Waals surface area (Å²) in [4.78, 5) is 0. The van der Waals surface area contributed by atoms with E-state index in [2.05, 4.69) is 12.2 Å². The molecule has 0 aliphatic heterocycles. The highest BCUT2D eigenvalue weighted by molar-refractivity contribution is 4.78. The van der Waals surface area contributed by atoms with Crippen molar-refractivity contribution >= 4 is 0 Å². The highest BCUT2D eigenvalue weighted by Gasteiger charge is 2.22. The minimum absolute atomic E-state index is 0.524. The molecular formula is C12H25NO. The Morgan fingerprint density at radius 2 is 2.14 bits per heavy atom. The van der Waals surface area contributed by atoms with Gasteiger partial charge in [0, 0.05) is 6.54 Å². The van der Waals surface area contributed by atoms with Gasteiger partial charge in [0.2, 0.25) is 0 Å². The molecule has 2 heteroatoms. The fraction of sp³-hybridized carbons (Fsp3) is 1.00. The fourth-order valence-corrected chi connectivity index (χ4v) is 2.18. The van der Waals surface area contributed by atoms with Crippen LogP contribution in [0.3, 0.4) is 0 Å². The molecule has 2 nitrogen and oxygen atoms in total. The van der Waals surface area contributed by atoms with Crippen LogP contribution in [0.5, 0.6) is 0 Å². The van der Waals surface area contributed by atoms with Gasteiger partial charge in [-0.1, -0.05) is 20.3 Å². The molecule has 3 unspecified atom stereocenters. The molecule has 0 amide bonds. The van der Waals surface area contributed by atoms with Gasteiger partial charge in [0.1, 0.15) is 0 Å². The summed E-state index contributed by atoms with van der Waals surface area (Å²) in [5.74, 6) is 1.76. The van der Waals surface area contributed by atoms with Crippen LogP contribution in [0.2, 0.25) is 0 Å². The average molecular weight is 199 g/mol. The molecule has 14 heavy (non-hydrogen) atoms. The van der Waals surface area contributed by atoms with Crippen LogP contribution >= 0.6 is 0 Å². The number of hydrogen-bond acceptors (Lipinski definition) is 2. The monoisotopic (exact) mass is 199 g/mol. The van der Waals surface area contributed by atoms with E-state index in [0.29, 0.717) is 0 Å². The van der Waals surface area contributed by atoms with Crippen LogP contribution in [0.4, 0.5) is 0 Å². The molecule has 84 valence electrons. The molecule has 1 aliphatic rings. The van der Waals surface area contributed by atoms with Crippen molar-refractivity contribution in [3.8, 4) is 0 Å². The van der Waals surface area contributed by atoms with E-state index >= 15 is 0 Å². The predicted octanol–water partition coefficient (Wildman–Crippen LogP) is 2.17. The lowest BCUT2D eigenvalue weighted by Crippen LogP contribution is -2.38. The third kappa shape index (κ3) is 3.97. The summed E-state index contributed by atoms with van der Waals surface area (Å²) < 4.78 is 0. The summed E-state index contributed by atoms with van der Waals surface area (Å²) in [7, 11) is 0. The topological polar surface area (TPSA) is 32.3 Å². The van der Waals surface area contributed by atoms with Gasteiger partial charge in [0.15, 0.2) is 0 Å². The third-order valence-corrected chi connectivity index (χ3v) is 3.50. The summed E-state index contributed by atoms with van der Waals surface area (Å²) in [5, 5.41) is 13.2. The second kappa shape index (κ2) is 5.13. The first kappa shape index (κ1) is 12.0. The van der Waals surface area contributed by atoms with Crippen molar-refractivity contribution in [2.45, 2.75) is 52.1 Å². The van der Waals surface area contributed by atoms with Gasteiger partial charge in [-0.2, -0.15) is 0 Å². The first-order chi connectivity index (χ1) is 6.53. The van der Waals surface area contributed by atoms with Gasteiger partial charge in [0.25, 0.3) is 0 Å². The number of nitrogens with one attached hydrogen (secondary N) is 1. The molecule has 0 radical (unpaired) electrons. The Morgan fingerprint density at radius 1 is 1.43 bits per heavy atom. The summed E-state index contributed by atoms with van der Waals surface area (Å²) in [6, 6.07) is 0. The van der Waals surface area contributed by atoms with E-state index in [9.17, 15) is 5.11 Å². The Labute approximate surface area is 88.1 Å². The van der Waals surface area contributed by atoms with Crippen molar-refractivity contribution in [3.05, 3.63) is 0 Å². The lowest BCUT2D eigenvalue weighted by Gasteiger charge is -2.22. The van der Waals surface area contributed by atoms with Gasteiger partial charge in [-0.15, -0.1) is 0 Å². The molecule has 1 aliphatic carbocycles. The Bertz CT molecular complexity index is 168. The summed E-state index contributed by atoms with van der Waals surface area (Å²) >= 11 is 0. The molecule has 1 rings (SSSR count). The second-order valence-corrected chi connectivity index (χ2v) is 5.27. The normalized spacial score (nSPS) is 31.7. The van der Waals surface area contributed by atoms with Crippen molar-refractivity contribution in [1.82, 2.24) is 5.32 Å². The molecule has 0 heterocycles. The van der Waals surface area contributed by atoms with E-state index in [1.165, 1.54) is 19.3 Å². The zero-order valence-electron chi connectivity index (χ0n) is 9.84. The van der Waals surface area contributed by atoms with Crippen molar-refractivity contribution in [2.75, 3.05) is 13.1 Å². The smallest absolute Gasteiger partial charge is 0.0740 e. The van der Waals surface area contributed by atoms with Crippen LogP contribution in [0.15, 0.2) is 0 Å². The molecular weight excluding hydrogens is 174 g/mol. The second-order valence-electron chi connectivity index (χ2n) is 5.27. The number of rotatable bonds is 5. The Hall–Kier alpha value is -0.0800. The highest BCUT2D eigenvalue weighted by Crippen LogP contribution is 2.29. The van der Waals surface area contributed by atoms with E-state index in [4.69, 9.17) is 0 Å². The molecule has 0 spiro atoms. The molecule has 0 saturated heterocycles. The minimum atomic E-state index is -0.524. The molecule has 1 fully saturated rings. The van der Waals surface area contributed by atoms with Crippen LogP contribution in [0.25, 0.3) is 0 Å². The van der Waals surface area contributed by atoms with E-state index in [1.54, 1.807) is 0 Å². The summed E-state index contributed by atoms with van der Waals surface area (Å²) in [6.45, 7) is 8.08. The van der Waals surface area contributed by atoms with Crippen molar-refractivity contribution in [1.29, 1.82) is 0 Å². The van der Waals surface area contributed by atoms with Gasteiger partial charge >= 0.3 is 0 Å². The van der Waals surface area contributed by atoms with Crippen molar-refractivity contribution in [2.24, 2.45) is 11.8 Å². The van der Waals surface area contributed by atoms with Crippen molar-refractivity contribution < 1.29 is 5.11 Å². The SMILES string of the molecule is CCC(C)(O)CNCC1CCC(C)C1. The predicted molar refractivity (Wildman–Crippen MR) is 60.3 cm³/mol. The summed E-state index contributed by atoms with van der Waals surface area (Å²) in [5.41, 5.74) is -0.524. The molecule has 3 atom stereocenters. The van der Waals surface area contributed by atoms with Gasteiger partial charge in [-0.25, -0.2) is 0 Å². The third-order valence-electron chi connectivity index (χ3n) is 3.50. The highest BCUT2D eigenvalue weighted by atomic mass is 16.3. The maximum absolute atomic E-state index is 9.79. The van der Waals surface area contributed by atoms with Crippen LogP contribution < -0.4 is 5.32 Å². The van der Waals surface area contributed by atoms with Gasteiger partial charge in [0.05, 0.1) is 5.60 Å². The van der Waals surface area contributed by atoms with E-state index in [0.717, 1.165) is 31.3 Å². The maximum atomic E-state index is 9.79. The molecule has 0 aromatic heterocycles. The van der Waals surface area contributed by atoms with E-state index in [1.807, 2.05) is 13.8 Å². The Morgan fingerprint density at radius 3 is 2.64 bits per heavy atom. The molecule has 0 aromatic rings. The largest absolute Gasteiger partial charge is 0.389 e. The lowest BCUT2D eigenvalue weighted by atomic mass is 10.0. The first-order valence-electron chi connectivity index (χ1n) is 5.96. The fourth-order valence-electron chi connectivity index (χ4n) is 2.18. The van der Waals surface area contributed by atoms with Gasteiger partial charge < -0.3 is 10.4 Å². The molecule has 0 aromatic carbocycles. The van der Waals surface area contributed by atoms with E-state index in [-0.39, 0.29) is 0 Å². The Kier molecular flexibility index (Phi) is 4.39. The minimum Gasteiger partial charge on any atom is -0.389 e. The number of aliphatic hydroxyl groups is 1. The zero-order chi connectivity index (χ0) is 10.6. The summed E-state index contributed by atoms with van der Waals surface area (Å²) in [6.07, 6.45) is 4.93. The van der Waals surface area contributed by atoms with Crippen LogP contribution in [0, 0.1) is 11.8 Å². The average Bonchev–Trinajstić information content (AvgIpc) is 2.51. The maximum Gasteiger partial charge on any atom is 0.0740 e. The van der Waals surface area contributed by atoms with Gasteiger partial charge in [-0.3, -0.25) is 0 Å². The first-order valence-corrected chi connectivity index (χ1v) is 5.96. The van der Waals surface area contributed by atoms with Crippen LogP contribution in [-0.4, -0.2) is 23.8 Å². The van der Waals surface area contributed by atoms with Gasteiger partial charge in [-0.05, 0) is 44.6 Å². The van der Waals surface area contributed by atoms with E-state index < -0.39 is 5.60 Å².